The van der Waals surface area contributed by atoms with Gasteiger partial charge in [0.1, 0.15) is 4.60 Å². The van der Waals surface area contributed by atoms with E-state index < -0.39 is 20.6 Å². The van der Waals surface area contributed by atoms with Crippen molar-refractivity contribution < 1.29 is 17.6 Å². The molecule has 1 rings (SSSR count). The lowest BCUT2D eigenvalue weighted by molar-refractivity contribution is -0.200. The lowest BCUT2D eigenvalue weighted by Crippen LogP contribution is -2.35. The van der Waals surface area contributed by atoms with Gasteiger partial charge in [-0.15, -0.1) is 0 Å². The Morgan fingerprint density at radius 2 is 1.94 bits per heavy atom. The Balaban J connectivity index is 3.07. The average molecular weight is 328 g/mol. The Bertz CT molecular complexity index is 392. The molecule has 0 fully saturated rings. The predicted octanol–water partition coefficient (Wildman–Crippen LogP) is 4.30. The summed E-state index contributed by atoms with van der Waals surface area (Å²) in [5, 5.41) is 0. The molecule has 1 aromatic heterocycles. The smallest absolute Gasteiger partial charge is 0.403 e. The first kappa shape index (κ1) is 14.7. The summed E-state index contributed by atoms with van der Waals surface area (Å²) in [6.07, 6.45) is -4.97. The van der Waals surface area contributed by atoms with Gasteiger partial charge in [-0.3, -0.25) is 0 Å². The number of aromatic nitrogens is 1. The van der Waals surface area contributed by atoms with E-state index in [9.17, 15) is 13.2 Å². The Hall–Kier alpha value is -0.403. The highest BCUT2D eigenvalue weighted by Crippen LogP contribution is 2.38. The van der Waals surface area contributed by atoms with E-state index in [2.05, 4.69) is 20.9 Å². The summed E-state index contributed by atoms with van der Waals surface area (Å²) in [7, 11) is -2.29. The highest BCUT2D eigenvalue weighted by atomic mass is 79.9. The Morgan fingerprint density at radius 1 is 1.35 bits per heavy atom. The maximum absolute atomic E-state index is 12.9. The molecule has 0 aliphatic rings. The minimum absolute atomic E-state index is 0.0711. The van der Waals surface area contributed by atoms with Gasteiger partial charge in [0.05, 0.1) is 0 Å². The fourth-order valence-corrected chi connectivity index (χ4v) is 2.62. The van der Waals surface area contributed by atoms with Crippen molar-refractivity contribution in [3.05, 3.63) is 28.5 Å². The van der Waals surface area contributed by atoms with E-state index >= 15 is 0 Å². The van der Waals surface area contributed by atoms with E-state index in [0.717, 1.165) is 0 Å². The van der Waals surface area contributed by atoms with Crippen LogP contribution in [-0.2, 0) is 4.43 Å². The Labute approximate surface area is 107 Å². The van der Waals surface area contributed by atoms with Gasteiger partial charge in [-0.25, -0.2) is 4.98 Å². The minimum atomic E-state index is -4.42. The molecular formula is C10H13BrF3NOSi. The Morgan fingerprint density at radius 3 is 2.35 bits per heavy atom. The molecule has 0 radical (unpaired) electrons. The van der Waals surface area contributed by atoms with Crippen LogP contribution in [0.2, 0.25) is 19.6 Å². The van der Waals surface area contributed by atoms with E-state index in [-0.39, 0.29) is 5.56 Å². The molecule has 0 N–H and O–H groups in total. The molecular weight excluding hydrogens is 315 g/mol. The molecule has 0 saturated heterocycles. The van der Waals surface area contributed by atoms with E-state index in [1.54, 1.807) is 19.6 Å². The number of nitrogens with zero attached hydrogens (tertiary/aromatic N) is 1. The third-order valence-corrected chi connectivity index (χ3v) is 3.20. The van der Waals surface area contributed by atoms with Crippen LogP contribution in [0.3, 0.4) is 0 Å². The monoisotopic (exact) mass is 327 g/mol. The van der Waals surface area contributed by atoms with Crippen LogP contribution < -0.4 is 0 Å². The zero-order valence-corrected chi connectivity index (χ0v) is 12.3. The number of rotatable bonds is 3. The third-order valence-electron chi connectivity index (χ3n) is 1.82. The summed E-state index contributed by atoms with van der Waals surface area (Å²) >= 11 is 3.05. The standard InChI is InChI=1S/C10H13BrF3NOSi/c1-17(2,3)16-9(10(12,13)14)7-4-5-15-8(11)6-7/h4-6,9H,1-3H3. The molecule has 0 aromatic carbocycles. The number of hydrogen-bond acceptors (Lipinski definition) is 2. The van der Waals surface area contributed by atoms with Crippen molar-refractivity contribution in [2.24, 2.45) is 0 Å². The maximum atomic E-state index is 12.9. The predicted molar refractivity (Wildman–Crippen MR) is 65.2 cm³/mol. The molecule has 1 heterocycles. The molecule has 1 unspecified atom stereocenters. The van der Waals surface area contributed by atoms with Gasteiger partial charge >= 0.3 is 6.18 Å². The molecule has 0 bridgehead atoms. The molecule has 1 atom stereocenters. The van der Waals surface area contributed by atoms with Crippen LogP contribution in [-0.4, -0.2) is 19.5 Å². The van der Waals surface area contributed by atoms with Crippen molar-refractivity contribution in [1.82, 2.24) is 4.98 Å². The molecule has 0 aliphatic carbocycles. The highest BCUT2D eigenvalue weighted by Gasteiger charge is 2.44. The van der Waals surface area contributed by atoms with Gasteiger partial charge in [0.15, 0.2) is 14.4 Å². The van der Waals surface area contributed by atoms with Gasteiger partial charge in [0.2, 0.25) is 0 Å². The maximum Gasteiger partial charge on any atom is 0.417 e. The molecule has 17 heavy (non-hydrogen) atoms. The van der Waals surface area contributed by atoms with Crippen LogP contribution in [0.15, 0.2) is 22.9 Å². The molecule has 0 amide bonds. The van der Waals surface area contributed by atoms with Gasteiger partial charge in [0.25, 0.3) is 0 Å². The highest BCUT2D eigenvalue weighted by molar-refractivity contribution is 9.10. The van der Waals surface area contributed by atoms with E-state index in [1.807, 2.05) is 0 Å². The quantitative estimate of drug-likeness (QED) is 0.610. The zero-order valence-electron chi connectivity index (χ0n) is 9.68. The lowest BCUT2D eigenvalue weighted by Gasteiger charge is -2.28. The van der Waals surface area contributed by atoms with Gasteiger partial charge < -0.3 is 4.43 Å². The second kappa shape index (κ2) is 5.07. The average Bonchev–Trinajstić information content (AvgIpc) is 2.11. The molecule has 2 nitrogen and oxygen atoms in total. The van der Waals surface area contributed by atoms with Crippen molar-refractivity contribution in [1.29, 1.82) is 0 Å². The van der Waals surface area contributed by atoms with Crippen LogP contribution in [0.5, 0.6) is 0 Å². The second-order valence-electron chi connectivity index (χ2n) is 4.56. The first-order valence-corrected chi connectivity index (χ1v) is 9.16. The second-order valence-corrected chi connectivity index (χ2v) is 9.84. The normalized spacial score (nSPS) is 14.8. The van der Waals surface area contributed by atoms with Crippen molar-refractivity contribution in [2.45, 2.75) is 31.9 Å². The number of pyridine rings is 1. The van der Waals surface area contributed by atoms with E-state index in [4.69, 9.17) is 4.43 Å². The van der Waals surface area contributed by atoms with Gasteiger partial charge in [-0.2, -0.15) is 13.2 Å². The summed E-state index contributed by atoms with van der Waals surface area (Å²) in [6, 6.07) is 2.65. The summed E-state index contributed by atoms with van der Waals surface area (Å²) in [6.45, 7) is 5.17. The number of hydrogen-bond donors (Lipinski definition) is 0. The van der Waals surface area contributed by atoms with Crippen molar-refractivity contribution in [2.75, 3.05) is 0 Å². The van der Waals surface area contributed by atoms with Crippen molar-refractivity contribution >= 4 is 24.2 Å². The molecule has 0 saturated carbocycles. The van der Waals surface area contributed by atoms with E-state index in [1.165, 1.54) is 18.3 Å². The first-order valence-electron chi connectivity index (χ1n) is 4.95. The lowest BCUT2D eigenvalue weighted by atomic mass is 10.1. The largest absolute Gasteiger partial charge is 0.417 e. The summed E-state index contributed by atoms with van der Waals surface area (Å²) in [5.74, 6) is 0. The molecule has 7 heteroatoms. The molecule has 0 spiro atoms. The van der Waals surface area contributed by atoms with Crippen LogP contribution >= 0.6 is 15.9 Å². The number of alkyl halides is 3. The van der Waals surface area contributed by atoms with Crippen LogP contribution in [0.4, 0.5) is 13.2 Å². The fourth-order valence-electron chi connectivity index (χ4n) is 1.26. The molecule has 1 aromatic rings. The van der Waals surface area contributed by atoms with Gasteiger partial charge in [-0.05, 0) is 53.3 Å². The van der Waals surface area contributed by atoms with Gasteiger partial charge in [0, 0.05) is 6.20 Å². The minimum Gasteiger partial charge on any atom is -0.403 e. The van der Waals surface area contributed by atoms with Gasteiger partial charge in [-0.1, -0.05) is 0 Å². The van der Waals surface area contributed by atoms with Crippen molar-refractivity contribution in [3.8, 4) is 0 Å². The summed E-state index contributed by atoms with van der Waals surface area (Å²) < 4.78 is 44.4. The zero-order chi connectivity index (χ0) is 13.3. The summed E-state index contributed by atoms with van der Waals surface area (Å²) in [5.41, 5.74) is 0.0711. The fraction of sp³-hybridized carbons (Fsp3) is 0.500. The van der Waals surface area contributed by atoms with Crippen LogP contribution in [0.1, 0.15) is 11.7 Å². The Kier molecular flexibility index (Phi) is 4.37. The molecule has 96 valence electrons. The third kappa shape index (κ3) is 4.77. The van der Waals surface area contributed by atoms with E-state index in [0.29, 0.717) is 4.60 Å². The summed E-state index contributed by atoms with van der Waals surface area (Å²) in [4.78, 5) is 3.81. The van der Waals surface area contributed by atoms with Crippen LogP contribution in [0.25, 0.3) is 0 Å². The van der Waals surface area contributed by atoms with Crippen LogP contribution in [0, 0.1) is 0 Å². The van der Waals surface area contributed by atoms with Crippen molar-refractivity contribution in [3.63, 3.8) is 0 Å². The topological polar surface area (TPSA) is 22.1 Å². The SMILES string of the molecule is C[Si](C)(C)OC(c1ccnc(Br)c1)C(F)(F)F. The number of halogens is 4. The molecule has 0 aliphatic heterocycles. The first-order chi connectivity index (χ1) is 7.59.